The lowest BCUT2D eigenvalue weighted by molar-refractivity contribution is -0.114. The van der Waals surface area contributed by atoms with Crippen LogP contribution in [0.3, 0.4) is 0 Å². The normalized spacial score (nSPS) is 16.9. The second kappa shape index (κ2) is 7.88. The summed E-state index contributed by atoms with van der Waals surface area (Å²) < 4.78 is 7.99. The number of thioether (sulfide) groups is 1. The maximum absolute atomic E-state index is 12.5. The molecule has 0 unspecified atom stereocenters. The molecule has 5 rings (SSSR count). The highest BCUT2D eigenvalue weighted by Crippen LogP contribution is 2.28. The van der Waals surface area contributed by atoms with Crippen molar-refractivity contribution < 1.29 is 9.53 Å². The molecule has 1 aromatic heterocycles. The lowest BCUT2D eigenvalue weighted by atomic mass is 10.1. The number of hydrazone groups is 1. The van der Waals surface area contributed by atoms with Gasteiger partial charge >= 0.3 is 0 Å². The Labute approximate surface area is 183 Å². The van der Waals surface area contributed by atoms with Crippen molar-refractivity contribution >= 4 is 51.2 Å². The molecule has 2 aromatic carbocycles. The van der Waals surface area contributed by atoms with Crippen LogP contribution in [0.2, 0.25) is 0 Å². The van der Waals surface area contributed by atoms with E-state index in [1.165, 1.54) is 22.3 Å². The molecule has 31 heavy (non-hydrogen) atoms. The Balaban J connectivity index is 1.43. The maximum Gasteiger partial charge on any atom is 0.283 e. The Bertz CT molecular complexity index is 1290. The Kier molecular flexibility index (Phi) is 4.91. The van der Waals surface area contributed by atoms with Crippen LogP contribution in [0.25, 0.3) is 17.0 Å². The molecule has 0 saturated heterocycles. The number of hydrogen-bond donors (Lipinski definition) is 1. The zero-order valence-corrected chi connectivity index (χ0v) is 17.6. The van der Waals surface area contributed by atoms with Gasteiger partial charge in [0.1, 0.15) is 12.4 Å². The highest BCUT2D eigenvalue weighted by atomic mass is 32.2. The largest absolute Gasteiger partial charge is 0.492 e. The van der Waals surface area contributed by atoms with E-state index in [-0.39, 0.29) is 11.4 Å². The number of para-hydroxylation sites is 1. The number of amides is 1. The predicted octanol–water partition coefficient (Wildman–Crippen LogP) is 4.28. The van der Waals surface area contributed by atoms with Crippen LogP contribution in [-0.4, -0.2) is 38.6 Å². The van der Waals surface area contributed by atoms with Gasteiger partial charge in [0.15, 0.2) is 11.0 Å². The zero-order chi connectivity index (χ0) is 21.4. The number of nitrogens with zero attached hydrogens (tertiary/aromatic N) is 4. The number of hydrogen-bond acceptors (Lipinski definition) is 5. The molecular formula is C23H19N5O2S. The van der Waals surface area contributed by atoms with Gasteiger partial charge in [0.05, 0.1) is 17.7 Å². The minimum absolute atomic E-state index is 0.0378. The molecule has 8 heteroatoms. The number of aliphatic imine (C=N–C) groups is 1. The number of ether oxygens (including phenoxy) is 1. The molecule has 0 bridgehead atoms. The van der Waals surface area contributed by atoms with Crippen molar-refractivity contribution in [1.82, 2.24) is 9.58 Å². The summed E-state index contributed by atoms with van der Waals surface area (Å²) in [5, 5.41) is 15.3. The number of benzene rings is 2. The molecule has 0 aliphatic carbocycles. The van der Waals surface area contributed by atoms with Gasteiger partial charge in [0.2, 0.25) is 0 Å². The van der Waals surface area contributed by atoms with E-state index in [1.807, 2.05) is 61.7 Å². The first-order valence-corrected chi connectivity index (χ1v) is 10.7. The third kappa shape index (κ3) is 3.66. The van der Waals surface area contributed by atoms with E-state index in [1.54, 1.807) is 11.6 Å². The lowest BCUT2D eigenvalue weighted by Crippen LogP contribution is -2.35. The fourth-order valence-corrected chi connectivity index (χ4v) is 4.17. The number of carbonyl (C=O) groups excluding carboxylic acids is 1. The van der Waals surface area contributed by atoms with Crippen molar-refractivity contribution in [3.8, 4) is 5.75 Å². The summed E-state index contributed by atoms with van der Waals surface area (Å²) in [6.45, 7) is 3.21. The van der Waals surface area contributed by atoms with Crippen LogP contribution in [0.5, 0.6) is 5.75 Å². The number of aromatic nitrogens is 1. The lowest BCUT2D eigenvalue weighted by Gasteiger charge is -2.20. The number of amidine groups is 2. The van der Waals surface area contributed by atoms with Crippen molar-refractivity contribution in [2.24, 2.45) is 10.1 Å². The summed E-state index contributed by atoms with van der Waals surface area (Å²) in [5.41, 5.74) is 4.88. The van der Waals surface area contributed by atoms with Crippen molar-refractivity contribution in [3.05, 3.63) is 71.4 Å². The number of nitrogens with one attached hydrogen (secondary N) is 1. The van der Waals surface area contributed by atoms with Gasteiger partial charge in [-0.05, 0) is 43.0 Å². The fraction of sp³-hybridized carbons (Fsp3) is 0.130. The Morgan fingerprint density at radius 2 is 1.97 bits per heavy atom. The fourth-order valence-electron chi connectivity index (χ4n) is 3.56. The Morgan fingerprint density at radius 3 is 2.81 bits per heavy atom. The number of fused-ring (bicyclic) bond motifs is 2. The molecule has 0 fully saturated rings. The monoisotopic (exact) mass is 429 g/mol. The molecule has 0 saturated carbocycles. The molecule has 1 amide bonds. The smallest absolute Gasteiger partial charge is 0.283 e. The van der Waals surface area contributed by atoms with E-state index in [0.717, 1.165) is 22.2 Å². The van der Waals surface area contributed by atoms with Crippen molar-refractivity contribution in [1.29, 1.82) is 5.41 Å². The molecule has 3 aromatic rings. The highest BCUT2D eigenvalue weighted by molar-refractivity contribution is 8.25. The van der Waals surface area contributed by atoms with E-state index in [4.69, 9.17) is 10.1 Å². The van der Waals surface area contributed by atoms with Gasteiger partial charge in [0.25, 0.3) is 5.91 Å². The van der Waals surface area contributed by atoms with Gasteiger partial charge in [-0.15, -0.1) is 0 Å². The quantitative estimate of drug-likeness (QED) is 0.614. The number of carbonyl (C=O) groups is 1. The number of aryl methyl sites for hydroxylation is 1. The van der Waals surface area contributed by atoms with E-state index in [2.05, 4.69) is 14.7 Å². The van der Waals surface area contributed by atoms with Crippen LogP contribution < -0.4 is 4.74 Å². The topological polar surface area (TPSA) is 83.0 Å². The standard InChI is InChI=1S/C23H19N5O2S/c1-15-6-8-17(9-7-15)30-11-10-27-13-16(18-4-2-3-5-20(18)27)12-19-21(24)28-23(26-22(19)29)31-14-25-28/h2-9,12-14,24H,10-11H2,1H3/b19-12+,24-21?. The van der Waals surface area contributed by atoms with Crippen LogP contribution >= 0.6 is 11.8 Å². The van der Waals surface area contributed by atoms with Crippen LogP contribution in [0.4, 0.5) is 0 Å². The third-order valence-electron chi connectivity index (χ3n) is 5.14. The van der Waals surface area contributed by atoms with Crippen LogP contribution in [-0.2, 0) is 11.3 Å². The first-order valence-electron chi connectivity index (χ1n) is 9.80. The molecule has 0 atom stereocenters. The molecule has 2 aliphatic heterocycles. The van der Waals surface area contributed by atoms with Gasteiger partial charge in [-0.25, -0.2) is 0 Å². The van der Waals surface area contributed by atoms with Crippen molar-refractivity contribution in [3.63, 3.8) is 0 Å². The van der Waals surface area contributed by atoms with Crippen molar-refractivity contribution in [2.45, 2.75) is 13.5 Å². The summed E-state index contributed by atoms with van der Waals surface area (Å²) in [6.07, 6.45) is 3.71. The van der Waals surface area contributed by atoms with Crippen LogP contribution in [0.15, 0.2) is 70.4 Å². The molecule has 7 nitrogen and oxygen atoms in total. The molecule has 0 radical (unpaired) electrons. The van der Waals surface area contributed by atoms with E-state index >= 15 is 0 Å². The predicted molar refractivity (Wildman–Crippen MR) is 125 cm³/mol. The maximum atomic E-state index is 12.5. The van der Waals surface area contributed by atoms with E-state index < -0.39 is 5.91 Å². The highest BCUT2D eigenvalue weighted by Gasteiger charge is 2.32. The second-order valence-corrected chi connectivity index (χ2v) is 8.02. The van der Waals surface area contributed by atoms with E-state index in [9.17, 15) is 4.79 Å². The van der Waals surface area contributed by atoms with Gasteiger partial charge in [-0.2, -0.15) is 15.1 Å². The Hall–Kier alpha value is -3.65. The molecule has 1 N–H and O–H groups in total. The number of rotatable bonds is 5. The summed E-state index contributed by atoms with van der Waals surface area (Å²) in [4.78, 5) is 16.6. The Morgan fingerprint density at radius 1 is 1.16 bits per heavy atom. The van der Waals surface area contributed by atoms with Gasteiger partial charge in [-0.1, -0.05) is 35.9 Å². The molecular weight excluding hydrogens is 410 g/mol. The second-order valence-electron chi connectivity index (χ2n) is 7.21. The van der Waals surface area contributed by atoms with Crippen LogP contribution in [0.1, 0.15) is 11.1 Å². The summed E-state index contributed by atoms with van der Waals surface area (Å²) in [6, 6.07) is 16.0. The van der Waals surface area contributed by atoms with Gasteiger partial charge in [0, 0.05) is 22.7 Å². The minimum atomic E-state index is -0.422. The van der Waals surface area contributed by atoms with Gasteiger partial charge < -0.3 is 9.30 Å². The molecule has 2 aliphatic rings. The van der Waals surface area contributed by atoms with Crippen LogP contribution in [0, 0.1) is 12.3 Å². The van der Waals surface area contributed by atoms with Crippen molar-refractivity contribution in [2.75, 3.05) is 6.61 Å². The zero-order valence-electron chi connectivity index (χ0n) is 16.8. The molecule has 0 spiro atoms. The first-order chi connectivity index (χ1) is 15.1. The summed E-state index contributed by atoms with van der Waals surface area (Å²) >= 11 is 1.23. The molecule has 3 heterocycles. The van der Waals surface area contributed by atoms with E-state index in [0.29, 0.717) is 18.3 Å². The SMILES string of the molecule is Cc1ccc(OCCn2cc(/C=C3\C(=N)N4N=CSC4=NC3=O)c3ccccc32)cc1. The average Bonchev–Trinajstić information content (AvgIpc) is 3.38. The molecule has 154 valence electrons. The summed E-state index contributed by atoms with van der Waals surface area (Å²) in [5.74, 6) is 0.452. The third-order valence-corrected chi connectivity index (χ3v) is 5.81. The first kappa shape index (κ1) is 19.3. The summed E-state index contributed by atoms with van der Waals surface area (Å²) in [7, 11) is 0. The minimum Gasteiger partial charge on any atom is -0.492 e. The average molecular weight is 430 g/mol. The van der Waals surface area contributed by atoms with Gasteiger partial charge in [-0.3, -0.25) is 10.2 Å².